The number of nitrogens with zero attached hydrogens (tertiary/aromatic N) is 2. The molecule has 2 aromatic heterocycles. The molecule has 0 fully saturated rings. The summed E-state index contributed by atoms with van der Waals surface area (Å²) < 4.78 is 24.2. The number of hydrogen-bond donors (Lipinski definition) is 1. The summed E-state index contributed by atoms with van der Waals surface area (Å²) in [7, 11) is -3.78. The molecule has 0 saturated carbocycles. The highest BCUT2D eigenvalue weighted by Crippen LogP contribution is 2.29. The number of primary sulfonamides is 1. The molecule has 1 atom stereocenters. The summed E-state index contributed by atoms with van der Waals surface area (Å²) in [6, 6.07) is 14.6. The van der Waals surface area contributed by atoms with Crippen molar-refractivity contribution >= 4 is 21.1 Å². The van der Waals surface area contributed by atoms with Crippen molar-refractivity contribution in [2.24, 2.45) is 5.14 Å². The zero-order valence-electron chi connectivity index (χ0n) is 11.8. The number of fused-ring (bicyclic) bond motifs is 1. The monoisotopic (exact) mass is 313 g/mol. The lowest BCUT2D eigenvalue weighted by molar-refractivity contribution is 0.583. The fourth-order valence-electron chi connectivity index (χ4n) is 2.49. The predicted octanol–water partition coefficient (Wildman–Crippen LogP) is 2.20. The minimum Gasteiger partial charge on any atom is -0.255 e. The second-order valence-electron chi connectivity index (χ2n) is 5.04. The Kier molecular flexibility index (Phi) is 3.87. The van der Waals surface area contributed by atoms with Crippen LogP contribution in [0, 0.1) is 0 Å². The summed E-state index contributed by atoms with van der Waals surface area (Å²) >= 11 is 0. The number of aromatic nitrogens is 2. The lowest BCUT2D eigenvalue weighted by Crippen LogP contribution is -2.24. The highest BCUT2D eigenvalue weighted by Gasteiger charge is 2.26. The Balaban J connectivity index is 2.13. The number of pyridine rings is 2. The van der Waals surface area contributed by atoms with Crippen LogP contribution in [0.15, 0.2) is 60.9 Å². The number of rotatable bonds is 4. The Labute approximate surface area is 128 Å². The molecule has 3 aromatic rings. The van der Waals surface area contributed by atoms with Crippen LogP contribution in [0.3, 0.4) is 0 Å². The molecule has 0 aliphatic carbocycles. The largest absolute Gasteiger partial charge is 0.255 e. The van der Waals surface area contributed by atoms with Gasteiger partial charge >= 0.3 is 0 Å². The first-order valence-corrected chi connectivity index (χ1v) is 8.42. The van der Waals surface area contributed by atoms with E-state index in [4.69, 9.17) is 5.14 Å². The van der Waals surface area contributed by atoms with E-state index < -0.39 is 15.3 Å². The molecule has 0 aliphatic rings. The summed E-state index contributed by atoms with van der Waals surface area (Å²) in [5.74, 6) is 0. The van der Waals surface area contributed by atoms with Crippen molar-refractivity contribution in [3.8, 4) is 0 Å². The van der Waals surface area contributed by atoms with E-state index in [1.165, 1.54) is 0 Å². The molecular formula is C16H15N3O2S. The average Bonchev–Trinajstić information content (AvgIpc) is 2.52. The van der Waals surface area contributed by atoms with E-state index in [-0.39, 0.29) is 0 Å². The SMILES string of the molecule is NS(=O)(=O)C(Cc1ccccc1)c1ccnc2cccnc12. The molecule has 5 nitrogen and oxygen atoms in total. The third-order valence-corrected chi connectivity index (χ3v) is 4.75. The molecule has 0 spiro atoms. The van der Waals surface area contributed by atoms with Crippen LogP contribution >= 0.6 is 0 Å². The Hall–Kier alpha value is -2.31. The van der Waals surface area contributed by atoms with E-state index in [2.05, 4.69) is 9.97 Å². The highest BCUT2D eigenvalue weighted by atomic mass is 32.2. The third kappa shape index (κ3) is 2.98. The van der Waals surface area contributed by atoms with E-state index in [9.17, 15) is 8.42 Å². The normalized spacial score (nSPS) is 13.1. The van der Waals surface area contributed by atoms with Crippen molar-refractivity contribution in [2.75, 3.05) is 0 Å². The Bertz CT molecular complexity index is 890. The molecule has 0 radical (unpaired) electrons. The van der Waals surface area contributed by atoms with Crippen molar-refractivity contribution < 1.29 is 8.42 Å². The van der Waals surface area contributed by atoms with Crippen molar-refractivity contribution in [2.45, 2.75) is 11.7 Å². The lowest BCUT2D eigenvalue weighted by Gasteiger charge is -2.16. The van der Waals surface area contributed by atoms with Crippen LogP contribution in [0.2, 0.25) is 0 Å². The van der Waals surface area contributed by atoms with Gasteiger partial charge in [-0.3, -0.25) is 9.97 Å². The standard InChI is InChI=1S/C16H15N3O2S/c17-22(20,21)15(11-12-5-2-1-3-6-12)13-8-10-18-14-7-4-9-19-16(13)14/h1-10,15H,11H2,(H2,17,20,21). The first-order chi connectivity index (χ1) is 10.6. The minimum atomic E-state index is -3.78. The van der Waals surface area contributed by atoms with Gasteiger partial charge in [-0.2, -0.15) is 0 Å². The molecule has 0 amide bonds. The molecule has 112 valence electrons. The van der Waals surface area contributed by atoms with Gasteiger partial charge in [0.1, 0.15) is 5.25 Å². The van der Waals surface area contributed by atoms with Gasteiger partial charge < -0.3 is 0 Å². The Morgan fingerprint density at radius 1 is 0.955 bits per heavy atom. The summed E-state index contributed by atoms with van der Waals surface area (Å²) in [5, 5.41) is 4.62. The smallest absolute Gasteiger partial charge is 0.216 e. The van der Waals surface area contributed by atoms with Gasteiger partial charge in [-0.25, -0.2) is 13.6 Å². The summed E-state index contributed by atoms with van der Waals surface area (Å²) in [4.78, 5) is 8.49. The van der Waals surface area contributed by atoms with Gasteiger partial charge in [-0.15, -0.1) is 0 Å². The van der Waals surface area contributed by atoms with Crippen molar-refractivity contribution in [3.63, 3.8) is 0 Å². The van der Waals surface area contributed by atoms with Gasteiger partial charge in [0.05, 0.1) is 11.0 Å². The van der Waals surface area contributed by atoms with E-state index in [1.807, 2.05) is 30.3 Å². The summed E-state index contributed by atoms with van der Waals surface area (Å²) in [5.41, 5.74) is 2.71. The molecule has 0 aliphatic heterocycles. The molecule has 6 heteroatoms. The molecule has 2 heterocycles. The topological polar surface area (TPSA) is 85.9 Å². The van der Waals surface area contributed by atoms with Crippen molar-refractivity contribution in [1.29, 1.82) is 0 Å². The zero-order chi connectivity index (χ0) is 15.6. The molecule has 1 unspecified atom stereocenters. The van der Waals surface area contributed by atoms with Crippen LogP contribution in [0.4, 0.5) is 0 Å². The fourth-order valence-corrected chi connectivity index (χ4v) is 3.46. The summed E-state index contributed by atoms with van der Waals surface area (Å²) in [6.07, 6.45) is 3.51. The Morgan fingerprint density at radius 3 is 2.45 bits per heavy atom. The second kappa shape index (κ2) is 5.82. The van der Waals surface area contributed by atoms with Gasteiger partial charge in [0.15, 0.2) is 0 Å². The van der Waals surface area contributed by atoms with Crippen LogP contribution < -0.4 is 5.14 Å². The average molecular weight is 313 g/mol. The molecular weight excluding hydrogens is 298 g/mol. The predicted molar refractivity (Wildman–Crippen MR) is 85.5 cm³/mol. The van der Waals surface area contributed by atoms with Gasteiger partial charge in [0, 0.05) is 18.0 Å². The molecule has 3 rings (SSSR count). The van der Waals surface area contributed by atoms with Crippen LogP contribution in [-0.2, 0) is 16.4 Å². The van der Waals surface area contributed by atoms with E-state index in [0.29, 0.717) is 23.0 Å². The first kappa shape index (κ1) is 14.6. The lowest BCUT2D eigenvalue weighted by atomic mass is 10.0. The van der Waals surface area contributed by atoms with E-state index >= 15 is 0 Å². The molecule has 0 saturated heterocycles. The maximum atomic E-state index is 12.1. The van der Waals surface area contributed by atoms with E-state index in [1.54, 1.807) is 30.6 Å². The van der Waals surface area contributed by atoms with Gasteiger partial charge in [0.25, 0.3) is 0 Å². The quantitative estimate of drug-likeness (QED) is 0.800. The zero-order valence-corrected chi connectivity index (χ0v) is 12.6. The van der Waals surface area contributed by atoms with Crippen molar-refractivity contribution in [3.05, 3.63) is 72.1 Å². The summed E-state index contributed by atoms with van der Waals surface area (Å²) in [6.45, 7) is 0. The van der Waals surface area contributed by atoms with Crippen LogP contribution in [0.1, 0.15) is 16.4 Å². The molecule has 0 bridgehead atoms. The highest BCUT2D eigenvalue weighted by molar-refractivity contribution is 7.89. The van der Waals surface area contributed by atoms with Crippen molar-refractivity contribution in [1.82, 2.24) is 9.97 Å². The van der Waals surface area contributed by atoms with Crippen LogP contribution in [0.25, 0.3) is 11.0 Å². The number of nitrogens with two attached hydrogens (primary N) is 1. The molecule has 2 N–H and O–H groups in total. The maximum absolute atomic E-state index is 12.1. The first-order valence-electron chi connectivity index (χ1n) is 6.81. The van der Waals surface area contributed by atoms with Gasteiger partial charge in [0.2, 0.25) is 10.0 Å². The maximum Gasteiger partial charge on any atom is 0.216 e. The molecule has 1 aromatic carbocycles. The Morgan fingerprint density at radius 2 is 1.73 bits per heavy atom. The molecule has 22 heavy (non-hydrogen) atoms. The minimum absolute atomic E-state index is 0.301. The second-order valence-corrected chi connectivity index (χ2v) is 6.79. The number of sulfonamides is 1. The fraction of sp³-hybridized carbons (Fsp3) is 0.125. The van der Waals surface area contributed by atoms with Crippen LogP contribution in [0.5, 0.6) is 0 Å². The van der Waals surface area contributed by atoms with Gasteiger partial charge in [-0.05, 0) is 30.2 Å². The number of benzene rings is 1. The van der Waals surface area contributed by atoms with E-state index in [0.717, 1.165) is 5.56 Å². The number of hydrogen-bond acceptors (Lipinski definition) is 4. The van der Waals surface area contributed by atoms with Gasteiger partial charge in [-0.1, -0.05) is 30.3 Å². The van der Waals surface area contributed by atoms with Crippen LogP contribution in [-0.4, -0.2) is 18.4 Å². The third-order valence-electron chi connectivity index (χ3n) is 3.53.